The summed E-state index contributed by atoms with van der Waals surface area (Å²) in [5.41, 5.74) is 3.91. The minimum Gasteiger partial charge on any atom is -0.377 e. The maximum absolute atomic E-state index is 8.30. The van der Waals surface area contributed by atoms with Crippen LogP contribution in [0.25, 0.3) is 0 Å². The molecular formula is C6H14ClNO. The van der Waals surface area contributed by atoms with E-state index in [4.69, 9.17) is 22.4 Å². The molecule has 3 N–H and O–H groups in total. The molecule has 0 aromatic carbocycles. The minimum absolute atomic E-state index is 0.556. The van der Waals surface area contributed by atoms with Crippen LogP contribution in [0.2, 0.25) is 0 Å². The summed E-state index contributed by atoms with van der Waals surface area (Å²) < 4.78 is 0. The maximum Gasteiger partial charge on any atom is 0.107 e. The Kier molecular flexibility index (Phi) is 7.91. The monoisotopic (exact) mass is 151 g/mol. The lowest BCUT2D eigenvalue weighted by atomic mass is 10.4. The minimum atomic E-state index is -1.00. The van der Waals surface area contributed by atoms with Crippen molar-refractivity contribution in [2.45, 2.75) is 19.6 Å². The van der Waals surface area contributed by atoms with Crippen LogP contribution in [0.4, 0.5) is 0 Å². The fourth-order valence-corrected chi connectivity index (χ4v) is 0. The Morgan fingerprint density at radius 3 is 1.89 bits per heavy atom. The van der Waals surface area contributed by atoms with E-state index in [2.05, 4.69) is 6.58 Å². The van der Waals surface area contributed by atoms with E-state index in [0.29, 0.717) is 5.88 Å². The van der Waals surface area contributed by atoms with Gasteiger partial charge in [-0.05, 0) is 13.8 Å². The molecule has 2 nitrogen and oxygen atoms in total. The summed E-state index contributed by atoms with van der Waals surface area (Å²) in [4.78, 5) is 0. The van der Waals surface area contributed by atoms with Crippen molar-refractivity contribution in [3.05, 3.63) is 12.7 Å². The fraction of sp³-hybridized carbons (Fsp3) is 0.667. The lowest BCUT2D eigenvalue weighted by Crippen LogP contribution is -2.30. The summed E-state index contributed by atoms with van der Waals surface area (Å²) in [5, 5.41) is 8.30. The summed E-state index contributed by atoms with van der Waals surface area (Å²) in [6.45, 7) is 6.39. The van der Waals surface area contributed by atoms with Crippen LogP contribution in [0, 0.1) is 0 Å². The number of halogens is 1. The molecule has 0 bridgehead atoms. The van der Waals surface area contributed by atoms with Gasteiger partial charge in [0.1, 0.15) is 5.72 Å². The van der Waals surface area contributed by atoms with Crippen molar-refractivity contribution in [3.63, 3.8) is 0 Å². The smallest absolute Gasteiger partial charge is 0.107 e. The first-order valence-electron chi connectivity index (χ1n) is 2.60. The molecule has 0 unspecified atom stereocenters. The Labute approximate surface area is 61.3 Å². The van der Waals surface area contributed by atoms with E-state index in [1.54, 1.807) is 6.08 Å². The van der Waals surface area contributed by atoms with Gasteiger partial charge in [-0.3, -0.25) is 0 Å². The van der Waals surface area contributed by atoms with Crippen LogP contribution in [0.3, 0.4) is 0 Å². The van der Waals surface area contributed by atoms with Crippen molar-refractivity contribution < 1.29 is 5.11 Å². The molecule has 0 amide bonds. The topological polar surface area (TPSA) is 46.2 Å². The molecule has 0 fully saturated rings. The van der Waals surface area contributed by atoms with E-state index in [-0.39, 0.29) is 0 Å². The van der Waals surface area contributed by atoms with E-state index in [1.807, 2.05) is 0 Å². The molecule has 0 spiro atoms. The molecule has 0 aliphatic carbocycles. The highest BCUT2D eigenvalue weighted by Crippen LogP contribution is 1.82. The first kappa shape index (κ1) is 11.7. The number of nitrogens with two attached hydrogens (primary N) is 1. The largest absolute Gasteiger partial charge is 0.377 e. The predicted octanol–water partition coefficient (Wildman–Crippen LogP) is 1.08. The summed E-state index contributed by atoms with van der Waals surface area (Å²) in [7, 11) is 0. The van der Waals surface area contributed by atoms with Crippen LogP contribution < -0.4 is 5.73 Å². The summed E-state index contributed by atoms with van der Waals surface area (Å²) in [6.07, 6.45) is 1.64. The zero-order valence-electron chi connectivity index (χ0n) is 5.89. The molecule has 0 rings (SSSR count). The van der Waals surface area contributed by atoms with Crippen molar-refractivity contribution >= 4 is 11.6 Å². The second-order valence-electron chi connectivity index (χ2n) is 2.10. The van der Waals surface area contributed by atoms with Gasteiger partial charge in [-0.15, -0.1) is 18.2 Å². The van der Waals surface area contributed by atoms with Gasteiger partial charge in [-0.1, -0.05) is 6.08 Å². The van der Waals surface area contributed by atoms with E-state index in [1.165, 1.54) is 13.8 Å². The standard InChI is InChI=1S/C3H5Cl.C3H9NO/c1-2-3-4;1-3(2,4)5/h2H,1,3H2;5H,4H2,1-2H3. The Bertz CT molecular complexity index is 61.9. The normalized spacial score (nSPS) is 9.44. The van der Waals surface area contributed by atoms with Crippen LogP contribution in [0.15, 0.2) is 12.7 Å². The van der Waals surface area contributed by atoms with Crippen LogP contribution >= 0.6 is 11.6 Å². The molecular weight excluding hydrogens is 138 g/mol. The number of allylic oxidation sites excluding steroid dienone is 1. The van der Waals surface area contributed by atoms with Crippen molar-refractivity contribution in [2.75, 3.05) is 5.88 Å². The van der Waals surface area contributed by atoms with E-state index in [0.717, 1.165) is 0 Å². The Morgan fingerprint density at radius 2 is 1.89 bits per heavy atom. The summed E-state index contributed by atoms with van der Waals surface area (Å²) in [5.74, 6) is 0.556. The van der Waals surface area contributed by atoms with E-state index >= 15 is 0 Å². The third kappa shape index (κ3) is 312. The number of hydrogen-bond acceptors (Lipinski definition) is 2. The summed E-state index contributed by atoms with van der Waals surface area (Å²) in [6, 6.07) is 0. The Balaban J connectivity index is 0. The van der Waals surface area contributed by atoms with Crippen molar-refractivity contribution in [1.29, 1.82) is 0 Å². The van der Waals surface area contributed by atoms with Gasteiger partial charge < -0.3 is 10.8 Å². The molecule has 0 aromatic heterocycles. The van der Waals surface area contributed by atoms with Gasteiger partial charge >= 0.3 is 0 Å². The molecule has 56 valence electrons. The molecule has 9 heavy (non-hydrogen) atoms. The zero-order valence-corrected chi connectivity index (χ0v) is 6.65. The third-order valence-electron chi connectivity index (χ3n) is 0.109. The molecule has 0 saturated carbocycles. The molecule has 0 aliphatic heterocycles. The molecule has 3 heteroatoms. The number of aliphatic hydroxyl groups is 1. The Morgan fingerprint density at radius 1 is 1.78 bits per heavy atom. The summed E-state index contributed by atoms with van der Waals surface area (Å²) >= 11 is 5.07. The van der Waals surface area contributed by atoms with Gasteiger partial charge in [-0.2, -0.15) is 0 Å². The van der Waals surface area contributed by atoms with Gasteiger partial charge in [0.15, 0.2) is 0 Å². The average molecular weight is 152 g/mol. The molecule has 0 saturated heterocycles. The predicted molar refractivity (Wildman–Crippen MR) is 41.4 cm³/mol. The maximum atomic E-state index is 8.30. The zero-order chi connectivity index (χ0) is 7.91. The second-order valence-corrected chi connectivity index (χ2v) is 2.41. The quantitative estimate of drug-likeness (QED) is 0.335. The average Bonchev–Trinajstić information content (AvgIpc) is 1.61. The van der Waals surface area contributed by atoms with Crippen LogP contribution in [-0.4, -0.2) is 16.7 Å². The van der Waals surface area contributed by atoms with Crippen LogP contribution in [0.5, 0.6) is 0 Å². The van der Waals surface area contributed by atoms with Crippen molar-refractivity contribution in [1.82, 2.24) is 0 Å². The first-order valence-corrected chi connectivity index (χ1v) is 3.13. The number of alkyl halides is 1. The van der Waals surface area contributed by atoms with Crippen molar-refractivity contribution in [2.24, 2.45) is 5.73 Å². The highest BCUT2D eigenvalue weighted by atomic mass is 35.5. The fourth-order valence-electron chi connectivity index (χ4n) is 0. The first-order chi connectivity index (χ1) is 3.91. The lowest BCUT2D eigenvalue weighted by molar-refractivity contribution is 0.0881. The van der Waals surface area contributed by atoms with Gasteiger partial charge in [0.25, 0.3) is 0 Å². The number of hydrogen-bond donors (Lipinski definition) is 2. The van der Waals surface area contributed by atoms with Gasteiger partial charge in [0.2, 0.25) is 0 Å². The SMILES string of the molecule is C=CCCl.CC(C)(N)O. The molecule has 0 heterocycles. The van der Waals surface area contributed by atoms with E-state index in [9.17, 15) is 0 Å². The van der Waals surface area contributed by atoms with E-state index < -0.39 is 5.72 Å². The Hall–Kier alpha value is -0.0500. The molecule has 0 radical (unpaired) electrons. The van der Waals surface area contributed by atoms with Gasteiger partial charge in [0, 0.05) is 5.88 Å². The molecule has 0 atom stereocenters. The van der Waals surface area contributed by atoms with Gasteiger partial charge in [0.05, 0.1) is 0 Å². The number of rotatable bonds is 1. The highest BCUT2D eigenvalue weighted by Gasteiger charge is 1.98. The third-order valence-corrected chi connectivity index (χ3v) is 0.327. The van der Waals surface area contributed by atoms with Gasteiger partial charge in [-0.25, -0.2) is 0 Å². The lowest BCUT2D eigenvalue weighted by Gasteiger charge is -2.05. The highest BCUT2D eigenvalue weighted by molar-refractivity contribution is 6.18. The second kappa shape index (κ2) is 6.08. The molecule has 0 aliphatic rings. The molecule has 0 aromatic rings. The van der Waals surface area contributed by atoms with Crippen molar-refractivity contribution in [3.8, 4) is 0 Å². The van der Waals surface area contributed by atoms with Crippen LogP contribution in [-0.2, 0) is 0 Å². The van der Waals surface area contributed by atoms with Crippen LogP contribution in [0.1, 0.15) is 13.8 Å².